The molecule has 1 aromatic heterocycles. The first-order valence-electron chi connectivity index (χ1n) is 5.36. The van der Waals surface area contributed by atoms with E-state index in [1.54, 1.807) is 0 Å². The lowest BCUT2D eigenvalue weighted by atomic mass is 10.2. The number of aromatic nitrogens is 2. The molecule has 0 atom stereocenters. The van der Waals surface area contributed by atoms with E-state index >= 15 is 0 Å². The molecule has 0 aliphatic carbocycles. The Hall–Kier alpha value is -2.15. The molecule has 7 heteroatoms. The van der Waals surface area contributed by atoms with E-state index in [0.29, 0.717) is 5.69 Å². The normalized spacial score (nSPS) is 11.4. The number of rotatable bonds is 3. The molecule has 2 N–H and O–H groups in total. The third kappa shape index (κ3) is 3.19. The molecule has 0 spiro atoms. The van der Waals surface area contributed by atoms with Crippen molar-refractivity contribution in [3.63, 3.8) is 0 Å². The van der Waals surface area contributed by atoms with Crippen LogP contribution in [0.5, 0.6) is 11.6 Å². The van der Waals surface area contributed by atoms with Gasteiger partial charge in [0.1, 0.15) is 11.4 Å². The molecular formula is C12H10F3N3O. The molecule has 100 valence electrons. The van der Waals surface area contributed by atoms with Crippen LogP contribution >= 0.6 is 0 Å². The maximum atomic E-state index is 12.4. The summed E-state index contributed by atoms with van der Waals surface area (Å²) in [5.41, 5.74) is 5.15. The zero-order chi connectivity index (χ0) is 13.9. The van der Waals surface area contributed by atoms with Gasteiger partial charge in [-0.1, -0.05) is 0 Å². The van der Waals surface area contributed by atoms with E-state index in [0.717, 1.165) is 12.1 Å². The van der Waals surface area contributed by atoms with Crippen molar-refractivity contribution in [1.82, 2.24) is 9.97 Å². The van der Waals surface area contributed by atoms with Crippen LogP contribution in [0.25, 0.3) is 0 Å². The maximum absolute atomic E-state index is 12.4. The van der Waals surface area contributed by atoms with Crippen LogP contribution in [-0.2, 0) is 12.7 Å². The number of hydrogen-bond donors (Lipinski definition) is 1. The van der Waals surface area contributed by atoms with Gasteiger partial charge in [-0.05, 0) is 24.3 Å². The topological polar surface area (TPSA) is 61.0 Å². The Kier molecular flexibility index (Phi) is 3.66. The molecule has 4 nitrogen and oxygen atoms in total. The Morgan fingerprint density at radius 3 is 2.26 bits per heavy atom. The number of nitrogens with zero attached hydrogens (tertiary/aromatic N) is 2. The predicted octanol–water partition coefficient (Wildman–Crippen LogP) is 2.75. The average molecular weight is 269 g/mol. The largest absolute Gasteiger partial charge is 0.437 e. The molecule has 0 fully saturated rings. The molecule has 0 unspecified atom stereocenters. The van der Waals surface area contributed by atoms with E-state index in [9.17, 15) is 13.2 Å². The van der Waals surface area contributed by atoms with Gasteiger partial charge in [0.2, 0.25) is 5.88 Å². The highest BCUT2D eigenvalue weighted by molar-refractivity contribution is 5.32. The Bertz CT molecular complexity index is 555. The van der Waals surface area contributed by atoms with E-state index in [1.807, 2.05) is 0 Å². The van der Waals surface area contributed by atoms with Crippen molar-refractivity contribution in [3.05, 3.63) is 47.9 Å². The molecule has 0 aliphatic rings. The van der Waals surface area contributed by atoms with Crippen LogP contribution in [0.4, 0.5) is 13.2 Å². The molecule has 2 aromatic rings. The lowest BCUT2D eigenvalue weighted by Crippen LogP contribution is -2.05. The maximum Gasteiger partial charge on any atom is 0.416 e. The van der Waals surface area contributed by atoms with Crippen LogP contribution in [0.1, 0.15) is 11.3 Å². The second-order valence-electron chi connectivity index (χ2n) is 3.64. The molecule has 0 saturated carbocycles. The smallest absolute Gasteiger partial charge is 0.416 e. The predicted molar refractivity (Wildman–Crippen MR) is 61.4 cm³/mol. The molecule has 1 heterocycles. The number of benzene rings is 1. The molecule has 2 rings (SSSR count). The molecule has 0 saturated heterocycles. The van der Waals surface area contributed by atoms with Crippen molar-refractivity contribution in [3.8, 4) is 11.6 Å². The summed E-state index contributed by atoms with van der Waals surface area (Å²) in [6, 6.07) is 4.32. The van der Waals surface area contributed by atoms with Gasteiger partial charge in [-0.3, -0.25) is 4.98 Å². The van der Waals surface area contributed by atoms with Crippen molar-refractivity contribution in [2.24, 2.45) is 5.73 Å². The number of alkyl halides is 3. The molecule has 0 amide bonds. The summed E-state index contributed by atoms with van der Waals surface area (Å²) in [5.74, 6) is 0.424. The van der Waals surface area contributed by atoms with Crippen LogP contribution in [0.15, 0.2) is 36.7 Å². The fourth-order valence-electron chi connectivity index (χ4n) is 1.40. The van der Waals surface area contributed by atoms with Gasteiger partial charge in [0.25, 0.3) is 0 Å². The summed E-state index contributed by atoms with van der Waals surface area (Å²) in [5, 5.41) is 0. The monoisotopic (exact) mass is 269 g/mol. The average Bonchev–Trinajstić information content (AvgIpc) is 2.39. The van der Waals surface area contributed by atoms with Gasteiger partial charge in [0.15, 0.2) is 0 Å². The van der Waals surface area contributed by atoms with Gasteiger partial charge in [-0.15, -0.1) is 0 Å². The zero-order valence-electron chi connectivity index (χ0n) is 9.69. The van der Waals surface area contributed by atoms with E-state index in [-0.39, 0.29) is 18.2 Å². The molecule has 0 radical (unpaired) electrons. The zero-order valence-corrected chi connectivity index (χ0v) is 9.69. The number of ether oxygens (including phenoxy) is 1. The van der Waals surface area contributed by atoms with Crippen LogP contribution < -0.4 is 10.5 Å². The van der Waals surface area contributed by atoms with Gasteiger partial charge in [0.05, 0.1) is 5.56 Å². The highest BCUT2D eigenvalue weighted by Crippen LogP contribution is 2.31. The van der Waals surface area contributed by atoms with Gasteiger partial charge < -0.3 is 10.5 Å². The van der Waals surface area contributed by atoms with Crippen molar-refractivity contribution in [1.29, 1.82) is 0 Å². The fourth-order valence-corrected chi connectivity index (χ4v) is 1.40. The lowest BCUT2D eigenvalue weighted by Gasteiger charge is -2.09. The highest BCUT2D eigenvalue weighted by atomic mass is 19.4. The van der Waals surface area contributed by atoms with E-state index in [1.165, 1.54) is 24.5 Å². The van der Waals surface area contributed by atoms with E-state index in [4.69, 9.17) is 10.5 Å². The second kappa shape index (κ2) is 5.23. The molecule has 0 aliphatic heterocycles. The number of nitrogens with two attached hydrogens (primary N) is 1. The summed E-state index contributed by atoms with van der Waals surface area (Å²) in [6.45, 7) is 0.129. The van der Waals surface area contributed by atoms with Gasteiger partial charge >= 0.3 is 6.18 Å². The molecule has 0 bridgehead atoms. The van der Waals surface area contributed by atoms with Gasteiger partial charge in [-0.25, -0.2) is 4.98 Å². The quantitative estimate of drug-likeness (QED) is 0.930. The lowest BCUT2D eigenvalue weighted by molar-refractivity contribution is -0.137. The minimum Gasteiger partial charge on any atom is -0.437 e. The Labute approximate surface area is 107 Å². The van der Waals surface area contributed by atoms with Crippen LogP contribution in [0.2, 0.25) is 0 Å². The summed E-state index contributed by atoms with van der Waals surface area (Å²) < 4.78 is 42.5. The van der Waals surface area contributed by atoms with E-state index < -0.39 is 11.7 Å². The molecule has 19 heavy (non-hydrogen) atoms. The van der Waals surface area contributed by atoms with Crippen LogP contribution in [0, 0.1) is 0 Å². The fraction of sp³-hybridized carbons (Fsp3) is 0.167. The Morgan fingerprint density at radius 1 is 1.05 bits per heavy atom. The van der Waals surface area contributed by atoms with Crippen LogP contribution in [0.3, 0.4) is 0 Å². The van der Waals surface area contributed by atoms with Gasteiger partial charge in [0, 0.05) is 18.9 Å². The number of halogens is 3. The summed E-state index contributed by atoms with van der Waals surface area (Å²) in [7, 11) is 0. The first kappa shape index (κ1) is 13.3. The standard InChI is InChI=1S/C12H10F3N3O/c13-12(14,15)8-1-3-9(4-2-8)19-11-10(7-16)17-5-6-18-11/h1-6H,7,16H2. The van der Waals surface area contributed by atoms with Crippen molar-refractivity contribution in [2.45, 2.75) is 12.7 Å². The summed E-state index contributed by atoms with van der Waals surface area (Å²) >= 11 is 0. The first-order chi connectivity index (χ1) is 9.00. The van der Waals surface area contributed by atoms with Crippen molar-refractivity contribution >= 4 is 0 Å². The molecular weight excluding hydrogens is 259 g/mol. The number of hydrogen-bond acceptors (Lipinski definition) is 4. The summed E-state index contributed by atoms with van der Waals surface area (Å²) in [6.07, 6.45) is -1.49. The summed E-state index contributed by atoms with van der Waals surface area (Å²) in [4.78, 5) is 7.89. The van der Waals surface area contributed by atoms with Crippen LogP contribution in [-0.4, -0.2) is 9.97 Å². The second-order valence-corrected chi connectivity index (χ2v) is 3.64. The first-order valence-corrected chi connectivity index (χ1v) is 5.36. The van der Waals surface area contributed by atoms with Crippen molar-refractivity contribution < 1.29 is 17.9 Å². The Morgan fingerprint density at radius 2 is 1.68 bits per heavy atom. The highest BCUT2D eigenvalue weighted by Gasteiger charge is 2.30. The molecule has 1 aromatic carbocycles. The minimum atomic E-state index is -4.37. The minimum absolute atomic E-state index is 0.129. The Balaban J connectivity index is 2.20. The third-order valence-corrected chi connectivity index (χ3v) is 2.33. The van der Waals surface area contributed by atoms with E-state index in [2.05, 4.69) is 9.97 Å². The SMILES string of the molecule is NCc1nccnc1Oc1ccc(C(F)(F)F)cc1. The van der Waals surface area contributed by atoms with Crippen molar-refractivity contribution in [2.75, 3.05) is 0 Å². The van der Waals surface area contributed by atoms with Gasteiger partial charge in [-0.2, -0.15) is 13.2 Å². The third-order valence-electron chi connectivity index (χ3n) is 2.33.